The molecule has 14 nitrogen and oxygen atoms in total. The highest BCUT2D eigenvalue weighted by Crippen LogP contribution is 2.46. The third kappa shape index (κ3) is 6.34. The van der Waals surface area contributed by atoms with Crippen molar-refractivity contribution in [2.24, 2.45) is 0 Å². The van der Waals surface area contributed by atoms with Crippen LogP contribution in [-0.2, 0) is 41.3 Å². The van der Waals surface area contributed by atoms with Crippen LogP contribution in [0.5, 0.6) is 5.88 Å². The molecular weight excluding hydrogens is 782 g/mol. The summed E-state index contributed by atoms with van der Waals surface area (Å²) < 4.78 is 11.1. The minimum Gasteiger partial charge on any atom is -0.475 e. The zero-order valence-corrected chi connectivity index (χ0v) is 35.2. The molecule has 4 aliphatic heterocycles. The zero-order valence-electron chi connectivity index (χ0n) is 34.4. The van der Waals surface area contributed by atoms with E-state index in [4.69, 9.17) is 26.1 Å². The molecule has 0 saturated carbocycles. The standard InChI is InChI=1S/C24H25N5O2.C21H23ClN4O3/c1-13(2)31-19-6-4-15(9-27-19)18-7-17-14(8-26-18)3-5-16-20-22(29-21(16)17)24(10-25-11-24)12-28-23(20)30;1-20(2,3)29-19(28)26-9-21(10-26)8-24-18(27)15-12-5-4-11-7-23-14(22)6-13(11)16(12)25-17(15)21/h4,6-9,13,25,29H,3,5,10-12H2,1-2H3,(H,28,30);6-7,25H,4-5,8-10H2,1-3H3,(H,24,27). The predicted molar refractivity (Wildman–Crippen MR) is 226 cm³/mol. The quantitative estimate of drug-likeness (QED) is 0.143. The van der Waals surface area contributed by atoms with Crippen LogP contribution in [0, 0.1) is 0 Å². The highest BCUT2D eigenvalue weighted by atomic mass is 35.5. The first kappa shape index (κ1) is 38.5. The average molecular weight is 830 g/mol. The van der Waals surface area contributed by atoms with Gasteiger partial charge < -0.3 is 40.3 Å². The lowest BCUT2D eigenvalue weighted by atomic mass is 9.72. The van der Waals surface area contributed by atoms with Gasteiger partial charge in [-0.3, -0.25) is 14.6 Å². The number of aromatic amines is 2. The number of hydrogen-bond acceptors (Lipinski definition) is 9. The molecule has 5 aromatic heterocycles. The van der Waals surface area contributed by atoms with Crippen LogP contribution >= 0.6 is 11.6 Å². The summed E-state index contributed by atoms with van der Waals surface area (Å²) >= 11 is 6.14. The number of hydrogen-bond donors (Lipinski definition) is 5. The van der Waals surface area contributed by atoms with Crippen LogP contribution in [0.3, 0.4) is 0 Å². The third-order valence-electron chi connectivity index (χ3n) is 12.6. The first-order chi connectivity index (χ1) is 28.7. The number of rotatable bonds is 3. The molecule has 2 spiro atoms. The fourth-order valence-electron chi connectivity index (χ4n) is 9.65. The molecule has 3 amide bonds. The molecule has 0 unspecified atom stereocenters. The van der Waals surface area contributed by atoms with Crippen LogP contribution < -0.4 is 20.7 Å². The maximum Gasteiger partial charge on any atom is 0.410 e. The van der Waals surface area contributed by atoms with Gasteiger partial charge in [0.1, 0.15) is 10.8 Å². The number of fused-ring (bicyclic) bond motifs is 12. The molecule has 5 aromatic rings. The molecule has 15 heteroatoms. The average Bonchev–Trinajstić information content (AvgIpc) is 3.78. The van der Waals surface area contributed by atoms with Crippen molar-refractivity contribution in [3.05, 3.63) is 92.8 Å². The fraction of sp³-hybridized carbons (Fsp3) is 0.422. The summed E-state index contributed by atoms with van der Waals surface area (Å²) in [6.45, 7) is 13.5. The predicted octanol–water partition coefficient (Wildman–Crippen LogP) is 5.67. The van der Waals surface area contributed by atoms with Gasteiger partial charge in [-0.15, -0.1) is 0 Å². The molecule has 0 bridgehead atoms. The summed E-state index contributed by atoms with van der Waals surface area (Å²) in [5.41, 5.74) is 13.3. The lowest BCUT2D eigenvalue weighted by Crippen LogP contribution is -2.67. The Hall–Kier alpha value is -5.73. The molecule has 60 heavy (non-hydrogen) atoms. The first-order valence-electron chi connectivity index (χ1n) is 20.7. The van der Waals surface area contributed by atoms with Gasteiger partial charge in [-0.25, -0.2) is 14.8 Å². The second-order valence-corrected chi connectivity index (χ2v) is 18.7. The van der Waals surface area contributed by atoms with Crippen LogP contribution in [0.4, 0.5) is 4.79 Å². The number of ether oxygens (including phenoxy) is 2. The van der Waals surface area contributed by atoms with E-state index >= 15 is 0 Å². The number of aromatic nitrogens is 5. The van der Waals surface area contributed by atoms with Crippen LogP contribution in [0.1, 0.15) is 89.0 Å². The third-order valence-corrected chi connectivity index (χ3v) is 12.8. The van der Waals surface area contributed by atoms with Crippen molar-refractivity contribution in [3.8, 4) is 39.7 Å². The number of H-pyrrole nitrogens is 2. The molecule has 5 N–H and O–H groups in total. The minimum atomic E-state index is -0.533. The Morgan fingerprint density at radius 1 is 0.783 bits per heavy atom. The van der Waals surface area contributed by atoms with Gasteiger partial charge in [-0.1, -0.05) is 11.6 Å². The van der Waals surface area contributed by atoms with Gasteiger partial charge in [0.05, 0.1) is 45.1 Å². The molecule has 2 saturated heterocycles. The number of aryl methyl sites for hydroxylation is 2. The van der Waals surface area contributed by atoms with Crippen molar-refractivity contribution in [1.82, 2.24) is 45.8 Å². The van der Waals surface area contributed by atoms with Gasteiger partial charge in [0.25, 0.3) is 11.8 Å². The molecule has 2 fully saturated rings. The van der Waals surface area contributed by atoms with Crippen LogP contribution in [0.15, 0.2) is 42.9 Å². The van der Waals surface area contributed by atoms with Crippen molar-refractivity contribution in [1.29, 1.82) is 0 Å². The molecule has 0 atom stereocenters. The van der Waals surface area contributed by atoms with E-state index in [9.17, 15) is 14.4 Å². The lowest BCUT2D eigenvalue weighted by Gasteiger charge is -2.51. The number of nitrogens with one attached hydrogen (secondary N) is 5. The Bertz CT molecular complexity index is 2600. The Kier molecular flexibility index (Phi) is 8.92. The highest BCUT2D eigenvalue weighted by molar-refractivity contribution is 6.29. The maximum atomic E-state index is 12.8. The van der Waals surface area contributed by atoms with E-state index in [1.54, 1.807) is 11.1 Å². The summed E-state index contributed by atoms with van der Waals surface area (Å²) in [4.78, 5) is 60.2. The molecule has 310 valence electrons. The molecule has 9 heterocycles. The maximum absolute atomic E-state index is 12.8. The van der Waals surface area contributed by atoms with Crippen molar-refractivity contribution < 1.29 is 23.9 Å². The van der Waals surface area contributed by atoms with E-state index in [-0.39, 0.29) is 34.8 Å². The Labute approximate surface area is 352 Å². The number of halogens is 1. The van der Waals surface area contributed by atoms with E-state index in [0.717, 1.165) is 112 Å². The van der Waals surface area contributed by atoms with Gasteiger partial charge in [0, 0.05) is 92.0 Å². The van der Waals surface area contributed by atoms with Gasteiger partial charge in [-0.2, -0.15) is 0 Å². The number of likely N-dealkylation sites (tertiary alicyclic amines) is 1. The molecule has 0 aromatic carbocycles. The van der Waals surface area contributed by atoms with Crippen LogP contribution in [0.25, 0.3) is 33.8 Å². The minimum absolute atomic E-state index is 0.00717. The van der Waals surface area contributed by atoms with E-state index in [2.05, 4.69) is 42.0 Å². The number of carbonyl (C=O) groups excluding carboxylic acids is 3. The molecule has 0 radical (unpaired) electrons. The van der Waals surface area contributed by atoms with Crippen molar-refractivity contribution in [2.45, 2.75) is 82.8 Å². The molecular formula is C45H48ClN9O5. The second-order valence-electron chi connectivity index (χ2n) is 18.3. The molecule has 6 aliphatic rings. The highest BCUT2D eigenvalue weighted by Gasteiger charge is 2.54. The summed E-state index contributed by atoms with van der Waals surface area (Å²) in [7, 11) is 0. The van der Waals surface area contributed by atoms with Gasteiger partial charge >= 0.3 is 6.09 Å². The first-order valence-corrected chi connectivity index (χ1v) is 21.1. The summed E-state index contributed by atoms with van der Waals surface area (Å²) in [6, 6.07) is 7.85. The van der Waals surface area contributed by atoms with Crippen LogP contribution in [-0.4, -0.2) is 98.7 Å². The van der Waals surface area contributed by atoms with Crippen molar-refractivity contribution in [2.75, 3.05) is 39.3 Å². The Morgan fingerprint density at radius 3 is 1.95 bits per heavy atom. The second kappa shape index (κ2) is 13.9. The summed E-state index contributed by atoms with van der Waals surface area (Å²) in [5, 5.41) is 9.96. The number of carbonyl (C=O) groups is 3. The topological polar surface area (TPSA) is 179 Å². The van der Waals surface area contributed by atoms with Gasteiger partial charge in [-0.05, 0) is 101 Å². The van der Waals surface area contributed by atoms with E-state index in [1.165, 1.54) is 5.56 Å². The SMILES string of the molecule is CC(C)(C)OC(=O)N1CC2(CNC(=O)c3c2[nH]c2c3CCc3cnc(Cl)cc3-2)C1.CC(C)Oc1ccc(-c2cc3c(cn2)CCc2c-3[nH]c3c2C(=O)NCC32CNC2)cn1. The fourth-order valence-corrected chi connectivity index (χ4v) is 9.81. The van der Waals surface area contributed by atoms with Gasteiger partial charge in [0.15, 0.2) is 0 Å². The molecule has 2 aliphatic carbocycles. The number of nitrogens with zero attached hydrogens (tertiary/aromatic N) is 4. The summed E-state index contributed by atoms with van der Waals surface area (Å²) in [6.07, 6.45) is 8.68. The Balaban J connectivity index is 0.000000145. The van der Waals surface area contributed by atoms with Crippen molar-refractivity contribution in [3.63, 3.8) is 0 Å². The molecule has 11 rings (SSSR count). The van der Waals surface area contributed by atoms with E-state index < -0.39 is 5.60 Å². The lowest BCUT2D eigenvalue weighted by molar-refractivity contribution is -0.0113. The van der Waals surface area contributed by atoms with Crippen molar-refractivity contribution >= 4 is 29.5 Å². The van der Waals surface area contributed by atoms with Gasteiger partial charge in [0.2, 0.25) is 5.88 Å². The van der Waals surface area contributed by atoms with E-state index in [0.29, 0.717) is 37.2 Å². The zero-order chi connectivity index (χ0) is 41.7. The normalized spacial score (nSPS) is 18.6. The largest absolute Gasteiger partial charge is 0.475 e. The number of pyridine rings is 3. The monoisotopic (exact) mass is 829 g/mol. The number of amides is 3. The van der Waals surface area contributed by atoms with E-state index in [1.807, 2.05) is 65.2 Å². The summed E-state index contributed by atoms with van der Waals surface area (Å²) in [5.74, 6) is 0.608. The smallest absolute Gasteiger partial charge is 0.410 e. The van der Waals surface area contributed by atoms with Crippen LogP contribution in [0.2, 0.25) is 5.15 Å². The Morgan fingerprint density at radius 2 is 1.38 bits per heavy atom.